The number of carbonyl (C=O) groups is 8. The molecule has 0 spiro atoms. The molecule has 0 aliphatic heterocycles. The van der Waals surface area contributed by atoms with Gasteiger partial charge in [-0.3, -0.25) is 38.6 Å². The third-order valence-corrected chi connectivity index (χ3v) is 7.14. The molecule has 296 valence electrons. The van der Waals surface area contributed by atoms with Crippen molar-refractivity contribution in [3.8, 4) is 0 Å². The van der Waals surface area contributed by atoms with E-state index in [1.54, 1.807) is 13.8 Å². The molecule has 23 nitrogen and oxygen atoms in total. The largest absolute Gasteiger partial charge is 0.480 e. The standard InChI is InChI=1S/C29H53N11O12/c1-12(2)8-16(23(46)39-19(11-42)26(49)36-15(28(51)52)6-5-7-34-29(32)33)38-24(47)17(9-20(30)44)37-22(45)13(3)35-25(48)18(10-41)40-27(50)21(31)14(4)43/h12-19,21,41-43H,5-11,31H2,1-4H3,(H2,30,44)(H,35,48)(H,36,49)(H,37,45)(H,38,47)(H,39,46)(H,40,50)(H,51,52)(H4,32,33,34)/t13-,14+,15-,16-,17-,18-,19-,21-/m0/s1. The topological polar surface area (TPSA) is 406 Å². The third kappa shape index (κ3) is 17.7. The van der Waals surface area contributed by atoms with Gasteiger partial charge in [-0.15, -0.1) is 0 Å². The average molecular weight is 748 g/mol. The van der Waals surface area contributed by atoms with Crippen molar-refractivity contribution < 1.29 is 58.8 Å². The number of guanidine groups is 1. The van der Waals surface area contributed by atoms with Crippen LogP contribution >= 0.6 is 0 Å². The lowest BCUT2D eigenvalue weighted by molar-refractivity contribution is -0.142. The summed E-state index contributed by atoms with van der Waals surface area (Å²) < 4.78 is 0. The van der Waals surface area contributed by atoms with Gasteiger partial charge in [0, 0.05) is 6.54 Å². The number of aliphatic hydroxyl groups excluding tert-OH is 3. The van der Waals surface area contributed by atoms with Crippen LogP contribution in [0.5, 0.6) is 0 Å². The summed E-state index contributed by atoms with van der Waals surface area (Å²) in [6, 6.07) is -10.6. The van der Waals surface area contributed by atoms with Crippen LogP contribution in [0.2, 0.25) is 0 Å². The van der Waals surface area contributed by atoms with E-state index in [0.29, 0.717) is 0 Å². The Hall–Kier alpha value is -5.13. The fraction of sp³-hybridized carbons (Fsp3) is 0.690. The second-order valence-corrected chi connectivity index (χ2v) is 12.3. The average Bonchev–Trinajstić information content (AvgIpc) is 3.04. The lowest BCUT2D eigenvalue weighted by atomic mass is 10.0. The number of hydrogen-bond acceptors (Lipinski definition) is 13. The lowest BCUT2D eigenvalue weighted by Gasteiger charge is -2.27. The van der Waals surface area contributed by atoms with Gasteiger partial charge >= 0.3 is 5.97 Å². The summed E-state index contributed by atoms with van der Waals surface area (Å²) >= 11 is 0. The van der Waals surface area contributed by atoms with E-state index in [9.17, 15) is 58.8 Å². The van der Waals surface area contributed by atoms with Gasteiger partial charge in [-0.1, -0.05) is 13.8 Å². The Balaban J connectivity index is 5.76. The lowest BCUT2D eigenvalue weighted by Crippen LogP contribution is -2.60. The number of nitrogens with two attached hydrogens (primary N) is 4. The Labute approximate surface area is 299 Å². The van der Waals surface area contributed by atoms with Crippen LogP contribution in [0, 0.1) is 5.92 Å². The van der Waals surface area contributed by atoms with Crippen molar-refractivity contribution >= 4 is 53.3 Å². The highest BCUT2D eigenvalue weighted by Gasteiger charge is 2.33. The predicted molar refractivity (Wildman–Crippen MR) is 182 cm³/mol. The molecule has 0 bridgehead atoms. The molecule has 18 N–H and O–H groups in total. The molecule has 8 atom stereocenters. The molecule has 0 rings (SSSR count). The highest BCUT2D eigenvalue weighted by molar-refractivity contribution is 5.98. The maximum Gasteiger partial charge on any atom is 0.326 e. The van der Waals surface area contributed by atoms with Crippen molar-refractivity contribution in [2.75, 3.05) is 19.8 Å². The molecule has 0 aliphatic rings. The first kappa shape index (κ1) is 46.9. The van der Waals surface area contributed by atoms with Crippen LogP contribution in [0.1, 0.15) is 53.4 Å². The minimum absolute atomic E-state index is 0.0451. The number of carbonyl (C=O) groups excluding carboxylic acids is 7. The highest BCUT2D eigenvalue weighted by atomic mass is 16.4. The SMILES string of the molecule is CC(C)C[C@H](NC(=O)[C@H](CC(N)=O)NC(=O)[C@H](C)NC(=O)[C@H](CO)NC(=O)[C@@H](N)[C@@H](C)O)C(=O)N[C@@H](CO)C(=O)N[C@@H](CCCN=C(N)N)C(=O)O. The van der Waals surface area contributed by atoms with Crippen LogP contribution in [0.4, 0.5) is 0 Å². The van der Waals surface area contributed by atoms with Crippen LogP contribution in [-0.2, 0) is 38.4 Å². The number of primary amides is 1. The van der Waals surface area contributed by atoms with E-state index in [4.69, 9.17) is 22.9 Å². The summed E-state index contributed by atoms with van der Waals surface area (Å²) in [4.78, 5) is 104. The summed E-state index contributed by atoms with van der Waals surface area (Å²) in [6.45, 7) is 3.99. The van der Waals surface area contributed by atoms with Crippen molar-refractivity contribution in [2.45, 2.75) is 102 Å². The Kier molecular flexibility index (Phi) is 21.1. The van der Waals surface area contributed by atoms with Crippen molar-refractivity contribution in [2.24, 2.45) is 33.8 Å². The number of carboxylic acids is 1. The fourth-order valence-electron chi connectivity index (χ4n) is 4.24. The molecule has 0 saturated heterocycles. The van der Waals surface area contributed by atoms with E-state index in [0.717, 1.165) is 0 Å². The Morgan fingerprint density at radius 2 is 1.08 bits per heavy atom. The number of hydrogen-bond donors (Lipinski definition) is 14. The summed E-state index contributed by atoms with van der Waals surface area (Å²) in [6.07, 6.45) is -2.01. The van der Waals surface area contributed by atoms with Gasteiger partial charge in [0.25, 0.3) is 0 Å². The van der Waals surface area contributed by atoms with Crippen molar-refractivity contribution in [1.29, 1.82) is 0 Å². The second kappa shape index (κ2) is 23.4. The van der Waals surface area contributed by atoms with Crippen molar-refractivity contribution in [3.05, 3.63) is 0 Å². The molecular weight excluding hydrogens is 694 g/mol. The molecule has 52 heavy (non-hydrogen) atoms. The Bertz CT molecular complexity index is 1290. The van der Waals surface area contributed by atoms with Gasteiger partial charge in [-0.2, -0.15) is 0 Å². The zero-order valence-electron chi connectivity index (χ0n) is 29.5. The minimum Gasteiger partial charge on any atom is -0.480 e. The molecule has 0 aromatic rings. The van der Waals surface area contributed by atoms with E-state index in [1.165, 1.54) is 13.8 Å². The number of amides is 7. The van der Waals surface area contributed by atoms with Gasteiger partial charge < -0.3 is 75.3 Å². The van der Waals surface area contributed by atoms with E-state index < -0.39 is 115 Å². The zero-order valence-corrected chi connectivity index (χ0v) is 29.5. The number of aliphatic hydroxyl groups is 3. The summed E-state index contributed by atoms with van der Waals surface area (Å²) in [7, 11) is 0. The van der Waals surface area contributed by atoms with Gasteiger partial charge in [-0.05, 0) is 39.0 Å². The molecule has 0 unspecified atom stereocenters. The molecule has 0 aromatic carbocycles. The van der Waals surface area contributed by atoms with Crippen molar-refractivity contribution in [3.63, 3.8) is 0 Å². The van der Waals surface area contributed by atoms with Gasteiger partial charge in [0.2, 0.25) is 41.4 Å². The van der Waals surface area contributed by atoms with Crippen LogP contribution in [0.25, 0.3) is 0 Å². The highest BCUT2D eigenvalue weighted by Crippen LogP contribution is 2.08. The first-order valence-electron chi connectivity index (χ1n) is 16.2. The third-order valence-electron chi connectivity index (χ3n) is 7.14. The molecule has 23 heteroatoms. The monoisotopic (exact) mass is 747 g/mol. The molecule has 0 aromatic heterocycles. The van der Waals surface area contributed by atoms with Crippen LogP contribution in [0.15, 0.2) is 4.99 Å². The maximum absolute atomic E-state index is 13.3. The fourth-order valence-corrected chi connectivity index (χ4v) is 4.24. The quantitative estimate of drug-likeness (QED) is 0.0248. The molecule has 0 heterocycles. The van der Waals surface area contributed by atoms with Gasteiger partial charge in [0.05, 0.1) is 25.7 Å². The number of nitrogens with zero attached hydrogens (tertiary/aromatic N) is 1. The summed E-state index contributed by atoms with van der Waals surface area (Å²) in [5, 5.41) is 51.7. The molecule has 0 radical (unpaired) electrons. The van der Waals surface area contributed by atoms with E-state index >= 15 is 0 Å². The van der Waals surface area contributed by atoms with Crippen LogP contribution < -0.4 is 54.8 Å². The van der Waals surface area contributed by atoms with Gasteiger partial charge in [0.15, 0.2) is 5.96 Å². The van der Waals surface area contributed by atoms with Gasteiger partial charge in [0.1, 0.15) is 42.3 Å². The number of nitrogens with one attached hydrogen (secondary N) is 6. The molecule has 0 fully saturated rings. The van der Waals surface area contributed by atoms with E-state index in [-0.39, 0.29) is 37.7 Å². The smallest absolute Gasteiger partial charge is 0.326 e. The first-order valence-corrected chi connectivity index (χ1v) is 16.2. The Morgan fingerprint density at radius 1 is 0.635 bits per heavy atom. The maximum atomic E-state index is 13.3. The van der Waals surface area contributed by atoms with Crippen molar-refractivity contribution in [1.82, 2.24) is 31.9 Å². The minimum atomic E-state index is -1.68. The van der Waals surface area contributed by atoms with E-state index in [1.807, 2.05) is 0 Å². The number of aliphatic imine (C=N–C) groups is 1. The van der Waals surface area contributed by atoms with E-state index in [2.05, 4.69) is 36.9 Å². The molecular formula is C29H53N11O12. The zero-order chi connectivity index (χ0) is 40.3. The molecule has 0 saturated carbocycles. The summed E-state index contributed by atoms with van der Waals surface area (Å²) in [5.74, 6) is -9.04. The predicted octanol–water partition coefficient (Wildman–Crippen LogP) is -7.33. The van der Waals surface area contributed by atoms with Crippen LogP contribution in [-0.4, -0.2) is 142 Å². The van der Waals surface area contributed by atoms with Gasteiger partial charge in [-0.25, -0.2) is 4.79 Å². The first-order chi connectivity index (χ1) is 24.1. The Morgan fingerprint density at radius 3 is 1.54 bits per heavy atom. The number of aliphatic carboxylic acids is 1. The number of carboxylic acid groups (broad SMARTS) is 1. The summed E-state index contributed by atoms with van der Waals surface area (Å²) in [5.41, 5.74) is 21.2. The molecule has 7 amide bonds. The van der Waals surface area contributed by atoms with Crippen LogP contribution in [0.3, 0.4) is 0 Å². The normalized spacial score (nSPS) is 15.6. The second-order valence-electron chi connectivity index (χ2n) is 12.3. The molecule has 0 aliphatic carbocycles. The number of rotatable bonds is 24.